The van der Waals surface area contributed by atoms with Gasteiger partial charge >= 0.3 is 5.97 Å². The van der Waals surface area contributed by atoms with Gasteiger partial charge in [0.25, 0.3) is 0 Å². The molecule has 0 aromatic heterocycles. The first-order valence-corrected chi connectivity index (χ1v) is 8.14. The highest BCUT2D eigenvalue weighted by molar-refractivity contribution is 5.72. The molecule has 0 bridgehead atoms. The lowest BCUT2D eigenvalue weighted by molar-refractivity contribution is -0.149. The molecule has 0 aromatic carbocycles. The summed E-state index contributed by atoms with van der Waals surface area (Å²) in [6.45, 7) is 8.98. The minimum atomic E-state index is -0.00135. The fourth-order valence-corrected chi connectivity index (χ4v) is 2.74. The molecule has 1 saturated carbocycles. The van der Waals surface area contributed by atoms with Crippen LogP contribution in [0.1, 0.15) is 52.9 Å². The zero-order valence-corrected chi connectivity index (χ0v) is 13.7. The molecule has 1 rings (SSSR count). The standard InChI is InChI=1S/C16H32N2O2/c1-5-20-16(19)14-8-6-9-15(12-14)17-10-7-11-18(4)13(2)3/h13-15,17H,5-12H2,1-4H3. The minimum Gasteiger partial charge on any atom is -0.466 e. The van der Waals surface area contributed by atoms with Gasteiger partial charge in [0, 0.05) is 12.1 Å². The molecule has 1 N–H and O–H groups in total. The average molecular weight is 284 g/mol. The molecule has 4 nitrogen and oxygen atoms in total. The summed E-state index contributed by atoms with van der Waals surface area (Å²) < 4.78 is 5.14. The Morgan fingerprint density at radius 3 is 2.80 bits per heavy atom. The molecule has 0 amide bonds. The highest BCUT2D eigenvalue weighted by Gasteiger charge is 2.27. The third-order valence-corrected chi connectivity index (χ3v) is 4.30. The van der Waals surface area contributed by atoms with Gasteiger partial charge in [0.2, 0.25) is 0 Å². The molecule has 0 spiro atoms. The Bertz CT molecular complexity index is 282. The third-order valence-electron chi connectivity index (χ3n) is 4.30. The van der Waals surface area contributed by atoms with Crippen LogP contribution in [0, 0.1) is 5.92 Å². The summed E-state index contributed by atoms with van der Waals surface area (Å²) in [4.78, 5) is 14.1. The zero-order valence-electron chi connectivity index (χ0n) is 13.7. The molecule has 0 saturated heterocycles. The Morgan fingerprint density at radius 1 is 1.40 bits per heavy atom. The summed E-state index contributed by atoms with van der Waals surface area (Å²) in [5.41, 5.74) is 0. The maximum atomic E-state index is 11.8. The van der Waals surface area contributed by atoms with E-state index in [1.165, 1.54) is 6.42 Å². The number of hydrogen-bond acceptors (Lipinski definition) is 4. The van der Waals surface area contributed by atoms with E-state index < -0.39 is 0 Å². The van der Waals surface area contributed by atoms with Crippen molar-refractivity contribution in [3.63, 3.8) is 0 Å². The van der Waals surface area contributed by atoms with Gasteiger partial charge in [0.05, 0.1) is 12.5 Å². The van der Waals surface area contributed by atoms with Crippen molar-refractivity contribution in [1.29, 1.82) is 0 Å². The number of hydrogen-bond donors (Lipinski definition) is 1. The van der Waals surface area contributed by atoms with Crippen molar-refractivity contribution in [1.82, 2.24) is 10.2 Å². The summed E-state index contributed by atoms with van der Waals surface area (Å²) in [5, 5.41) is 3.61. The normalized spacial score (nSPS) is 23.3. The van der Waals surface area contributed by atoms with Gasteiger partial charge in [-0.25, -0.2) is 0 Å². The number of nitrogens with zero attached hydrogens (tertiary/aromatic N) is 1. The van der Waals surface area contributed by atoms with Crippen molar-refractivity contribution in [2.45, 2.75) is 65.0 Å². The van der Waals surface area contributed by atoms with Crippen LogP contribution in [0.25, 0.3) is 0 Å². The maximum absolute atomic E-state index is 11.8. The van der Waals surface area contributed by atoms with Gasteiger partial charge in [0.15, 0.2) is 0 Å². The topological polar surface area (TPSA) is 41.6 Å². The number of esters is 1. The van der Waals surface area contributed by atoms with Crippen LogP contribution < -0.4 is 5.32 Å². The van der Waals surface area contributed by atoms with E-state index in [-0.39, 0.29) is 11.9 Å². The van der Waals surface area contributed by atoms with Crippen molar-refractivity contribution in [3.8, 4) is 0 Å². The summed E-state index contributed by atoms with van der Waals surface area (Å²) in [6, 6.07) is 1.10. The lowest BCUT2D eigenvalue weighted by Gasteiger charge is -2.29. The van der Waals surface area contributed by atoms with Gasteiger partial charge in [-0.2, -0.15) is 0 Å². The van der Waals surface area contributed by atoms with E-state index in [4.69, 9.17) is 4.74 Å². The first kappa shape index (κ1) is 17.4. The van der Waals surface area contributed by atoms with Gasteiger partial charge < -0.3 is 15.0 Å². The average Bonchev–Trinajstić information content (AvgIpc) is 2.43. The molecular weight excluding hydrogens is 252 g/mol. The van der Waals surface area contributed by atoms with Crippen LogP contribution in [-0.4, -0.2) is 49.7 Å². The first-order valence-electron chi connectivity index (χ1n) is 8.14. The van der Waals surface area contributed by atoms with Crippen molar-refractivity contribution >= 4 is 5.97 Å². The van der Waals surface area contributed by atoms with Crippen LogP contribution in [0.5, 0.6) is 0 Å². The van der Waals surface area contributed by atoms with E-state index in [9.17, 15) is 4.79 Å². The Hall–Kier alpha value is -0.610. The Kier molecular flexibility index (Phi) is 8.15. The van der Waals surface area contributed by atoms with E-state index in [0.717, 1.165) is 38.8 Å². The largest absolute Gasteiger partial charge is 0.466 e. The fraction of sp³-hybridized carbons (Fsp3) is 0.938. The molecule has 1 fully saturated rings. The predicted molar refractivity (Wildman–Crippen MR) is 82.8 cm³/mol. The highest BCUT2D eigenvalue weighted by atomic mass is 16.5. The quantitative estimate of drug-likeness (QED) is 0.549. The van der Waals surface area contributed by atoms with E-state index in [2.05, 4.69) is 31.1 Å². The monoisotopic (exact) mass is 284 g/mol. The van der Waals surface area contributed by atoms with Gasteiger partial charge in [-0.15, -0.1) is 0 Å². The van der Waals surface area contributed by atoms with Crippen molar-refractivity contribution in [2.24, 2.45) is 5.92 Å². The van der Waals surface area contributed by atoms with Crippen LogP contribution in [0.3, 0.4) is 0 Å². The van der Waals surface area contributed by atoms with E-state index >= 15 is 0 Å². The van der Waals surface area contributed by atoms with Crippen LogP contribution in [0.15, 0.2) is 0 Å². The molecular formula is C16H32N2O2. The SMILES string of the molecule is CCOC(=O)C1CCCC(NCCCN(C)C(C)C)C1. The predicted octanol–water partition coefficient (Wildman–Crippen LogP) is 2.43. The molecule has 2 unspecified atom stereocenters. The van der Waals surface area contributed by atoms with Crippen LogP contribution in [-0.2, 0) is 9.53 Å². The summed E-state index contributed by atoms with van der Waals surface area (Å²) in [6.07, 6.45) is 5.42. The lowest BCUT2D eigenvalue weighted by atomic mass is 9.85. The molecule has 1 aliphatic carbocycles. The molecule has 4 heteroatoms. The zero-order chi connectivity index (χ0) is 15.0. The van der Waals surface area contributed by atoms with E-state index in [1.54, 1.807) is 0 Å². The van der Waals surface area contributed by atoms with Crippen LogP contribution in [0.4, 0.5) is 0 Å². The molecule has 0 aromatic rings. The number of ether oxygens (including phenoxy) is 1. The smallest absolute Gasteiger partial charge is 0.308 e. The Labute approximate surface area is 124 Å². The second-order valence-corrected chi connectivity index (χ2v) is 6.19. The van der Waals surface area contributed by atoms with E-state index in [0.29, 0.717) is 18.7 Å². The van der Waals surface area contributed by atoms with Gasteiger partial charge in [-0.05, 0) is 66.6 Å². The van der Waals surface area contributed by atoms with Crippen LogP contribution in [0.2, 0.25) is 0 Å². The summed E-state index contributed by atoms with van der Waals surface area (Å²) in [5.74, 6) is 0.109. The molecule has 118 valence electrons. The van der Waals surface area contributed by atoms with Crippen LogP contribution >= 0.6 is 0 Å². The number of carbonyl (C=O) groups excluding carboxylic acids is 1. The second-order valence-electron chi connectivity index (χ2n) is 6.19. The molecule has 20 heavy (non-hydrogen) atoms. The third kappa shape index (κ3) is 6.23. The molecule has 0 aliphatic heterocycles. The molecule has 1 aliphatic rings. The Balaban J connectivity index is 2.19. The Morgan fingerprint density at radius 2 is 2.15 bits per heavy atom. The second kappa shape index (κ2) is 9.35. The van der Waals surface area contributed by atoms with Crippen molar-refractivity contribution in [3.05, 3.63) is 0 Å². The molecule has 2 atom stereocenters. The van der Waals surface area contributed by atoms with Gasteiger partial charge in [-0.1, -0.05) is 6.42 Å². The van der Waals surface area contributed by atoms with Crippen molar-refractivity contribution in [2.75, 3.05) is 26.7 Å². The fourth-order valence-electron chi connectivity index (χ4n) is 2.74. The number of rotatable bonds is 8. The summed E-state index contributed by atoms with van der Waals surface area (Å²) >= 11 is 0. The number of nitrogens with one attached hydrogen (secondary N) is 1. The highest BCUT2D eigenvalue weighted by Crippen LogP contribution is 2.25. The van der Waals surface area contributed by atoms with Crippen molar-refractivity contribution < 1.29 is 9.53 Å². The maximum Gasteiger partial charge on any atom is 0.308 e. The molecule has 0 radical (unpaired) electrons. The lowest BCUT2D eigenvalue weighted by Crippen LogP contribution is -2.38. The summed E-state index contributed by atoms with van der Waals surface area (Å²) in [7, 11) is 2.17. The number of carbonyl (C=O) groups is 1. The first-order chi connectivity index (χ1) is 9.54. The molecule has 0 heterocycles. The minimum absolute atomic E-state index is 0.00135. The van der Waals surface area contributed by atoms with Gasteiger partial charge in [-0.3, -0.25) is 4.79 Å². The van der Waals surface area contributed by atoms with E-state index in [1.807, 2.05) is 6.92 Å². The van der Waals surface area contributed by atoms with Gasteiger partial charge in [0.1, 0.15) is 0 Å².